The van der Waals surface area contributed by atoms with Gasteiger partial charge in [0, 0.05) is 51.3 Å². The zero-order chi connectivity index (χ0) is 26.9. The highest BCUT2D eigenvalue weighted by molar-refractivity contribution is 5.99. The van der Waals surface area contributed by atoms with Gasteiger partial charge in [-0.25, -0.2) is 4.79 Å². The Balaban J connectivity index is 1.90. The van der Waals surface area contributed by atoms with Crippen LogP contribution in [0.5, 0.6) is 5.75 Å². The van der Waals surface area contributed by atoms with Crippen LogP contribution in [0.2, 0.25) is 0 Å². The van der Waals surface area contributed by atoms with Gasteiger partial charge in [0.15, 0.2) is 0 Å². The first-order valence-electron chi connectivity index (χ1n) is 13.7. The standard InChI is InChI=1S/C28H44N4O5/c1-6-14-29-28(35)30-22-12-13-24-23(15-22)27(34)31(4)17-25(36-5)19(2)16-32(20(3)18-37-24)26(33)21-10-8-7-9-11-21/h12-13,15,19-21,25H,6-11,14,16-18H2,1-5H3,(H2,29,30,35)/t19-,20-,25+/m0/s1. The molecule has 1 aromatic carbocycles. The van der Waals surface area contributed by atoms with Crippen LogP contribution >= 0.6 is 0 Å². The van der Waals surface area contributed by atoms with Crippen LogP contribution in [0.3, 0.4) is 0 Å². The van der Waals surface area contributed by atoms with E-state index >= 15 is 0 Å². The van der Waals surface area contributed by atoms with E-state index in [1.165, 1.54) is 6.42 Å². The molecule has 9 heteroatoms. The molecule has 0 spiro atoms. The minimum atomic E-state index is -0.324. The van der Waals surface area contributed by atoms with Gasteiger partial charge in [-0.3, -0.25) is 9.59 Å². The van der Waals surface area contributed by atoms with Gasteiger partial charge in [0.25, 0.3) is 5.91 Å². The maximum atomic E-state index is 13.6. The smallest absolute Gasteiger partial charge is 0.319 e. The zero-order valence-corrected chi connectivity index (χ0v) is 23.0. The van der Waals surface area contributed by atoms with Gasteiger partial charge >= 0.3 is 6.03 Å². The highest BCUT2D eigenvalue weighted by Crippen LogP contribution is 2.29. The molecule has 0 bridgehead atoms. The molecule has 3 rings (SSSR count). The minimum Gasteiger partial charge on any atom is -0.491 e. The fourth-order valence-corrected chi connectivity index (χ4v) is 5.16. The lowest BCUT2D eigenvalue weighted by atomic mass is 9.87. The average Bonchev–Trinajstić information content (AvgIpc) is 2.91. The van der Waals surface area contributed by atoms with Crippen molar-refractivity contribution in [1.82, 2.24) is 15.1 Å². The second-order valence-corrected chi connectivity index (χ2v) is 10.5. The third-order valence-corrected chi connectivity index (χ3v) is 7.48. The average molecular weight is 517 g/mol. The Morgan fingerprint density at radius 2 is 1.86 bits per heavy atom. The maximum absolute atomic E-state index is 13.6. The first kappa shape index (κ1) is 28.8. The summed E-state index contributed by atoms with van der Waals surface area (Å²) in [6.45, 7) is 7.78. The van der Waals surface area contributed by atoms with Crippen molar-refractivity contribution in [2.24, 2.45) is 11.8 Å². The molecule has 4 amide bonds. The molecule has 1 fully saturated rings. The Morgan fingerprint density at radius 1 is 1.14 bits per heavy atom. The molecule has 3 atom stereocenters. The number of ether oxygens (including phenoxy) is 2. The molecule has 0 aromatic heterocycles. The lowest BCUT2D eigenvalue weighted by Gasteiger charge is -2.38. The van der Waals surface area contributed by atoms with Crippen LogP contribution in [0, 0.1) is 11.8 Å². The van der Waals surface area contributed by atoms with Gasteiger partial charge in [-0.05, 0) is 44.4 Å². The molecule has 0 radical (unpaired) electrons. The van der Waals surface area contributed by atoms with Crippen molar-refractivity contribution < 1.29 is 23.9 Å². The van der Waals surface area contributed by atoms with Crippen LogP contribution in [-0.4, -0.2) is 80.2 Å². The lowest BCUT2D eigenvalue weighted by Crippen LogP contribution is -2.50. The van der Waals surface area contributed by atoms with E-state index in [0.29, 0.717) is 36.6 Å². The summed E-state index contributed by atoms with van der Waals surface area (Å²) in [7, 11) is 3.38. The van der Waals surface area contributed by atoms with Crippen LogP contribution < -0.4 is 15.4 Å². The third kappa shape index (κ3) is 7.60. The number of fused-ring (bicyclic) bond motifs is 1. The van der Waals surface area contributed by atoms with Crippen molar-refractivity contribution in [3.8, 4) is 5.75 Å². The number of benzene rings is 1. The Bertz CT molecular complexity index is 933. The van der Waals surface area contributed by atoms with Crippen molar-refractivity contribution in [3.05, 3.63) is 23.8 Å². The van der Waals surface area contributed by atoms with E-state index in [2.05, 4.69) is 17.6 Å². The maximum Gasteiger partial charge on any atom is 0.319 e. The van der Waals surface area contributed by atoms with Gasteiger partial charge in [-0.2, -0.15) is 0 Å². The van der Waals surface area contributed by atoms with E-state index < -0.39 is 0 Å². The van der Waals surface area contributed by atoms with Crippen LogP contribution in [0.25, 0.3) is 0 Å². The van der Waals surface area contributed by atoms with Gasteiger partial charge in [-0.1, -0.05) is 33.1 Å². The van der Waals surface area contributed by atoms with Gasteiger partial charge in [-0.15, -0.1) is 0 Å². The molecule has 1 heterocycles. The molecule has 1 saturated carbocycles. The number of urea groups is 1. The number of hydrogen-bond donors (Lipinski definition) is 2. The number of methoxy groups -OCH3 is 1. The molecule has 1 aliphatic heterocycles. The summed E-state index contributed by atoms with van der Waals surface area (Å²) < 4.78 is 12.0. The molecule has 1 aliphatic carbocycles. The quantitative estimate of drug-likeness (QED) is 0.613. The SMILES string of the molecule is CCCNC(=O)Nc1ccc2c(c1)C(=O)N(C)C[C@@H](OC)[C@@H](C)CN(C(=O)C1CCCCC1)[C@@H](C)CO2. The molecule has 1 aromatic rings. The Morgan fingerprint density at radius 3 is 2.54 bits per heavy atom. The topological polar surface area (TPSA) is 100 Å². The summed E-state index contributed by atoms with van der Waals surface area (Å²) in [5, 5.41) is 5.56. The van der Waals surface area contributed by atoms with E-state index in [9.17, 15) is 14.4 Å². The third-order valence-electron chi connectivity index (χ3n) is 7.48. The van der Waals surface area contributed by atoms with Crippen LogP contribution in [0.4, 0.5) is 10.5 Å². The zero-order valence-electron chi connectivity index (χ0n) is 23.0. The predicted octanol–water partition coefficient (Wildman–Crippen LogP) is 4.13. The molecular weight excluding hydrogens is 472 g/mol. The van der Waals surface area contributed by atoms with Crippen molar-refractivity contribution in [1.29, 1.82) is 0 Å². The van der Waals surface area contributed by atoms with E-state index in [1.807, 2.05) is 18.7 Å². The number of carbonyl (C=O) groups is 3. The summed E-state index contributed by atoms with van der Waals surface area (Å²) in [5.41, 5.74) is 0.861. The Hall–Kier alpha value is -2.81. The Labute approximate surface area is 221 Å². The molecule has 2 N–H and O–H groups in total. The van der Waals surface area contributed by atoms with E-state index in [1.54, 1.807) is 37.3 Å². The summed E-state index contributed by atoms with van der Waals surface area (Å²) >= 11 is 0. The molecule has 2 aliphatic rings. The normalized spacial score (nSPS) is 23.8. The predicted molar refractivity (Wildman–Crippen MR) is 144 cm³/mol. The number of amides is 4. The van der Waals surface area contributed by atoms with Crippen molar-refractivity contribution in [3.63, 3.8) is 0 Å². The number of rotatable bonds is 5. The molecule has 0 saturated heterocycles. The van der Waals surface area contributed by atoms with Crippen LogP contribution in [-0.2, 0) is 9.53 Å². The molecule has 9 nitrogen and oxygen atoms in total. The van der Waals surface area contributed by atoms with Gasteiger partial charge < -0.3 is 29.9 Å². The molecule has 37 heavy (non-hydrogen) atoms. The first-order chi connectivity index (χ1) is 17.7. The van der Waals surface area contributed by atoms with E-state index in [0.717, 1.165) is 32.1 Å². The van der Waals surface area contributed by atoms with Crippen LogP contribution in [0.15, 0.2) is 18.2 Å². The second kappa shape index (κ2) is 13.7. The number of carbonyl (C=O) groups excluding carboxylic acids is 3. The number of nitrogens with zero attached hydrogens (tertiary/aromatic N) is 2. The number of likely N-dealkylation sites (N-methyl/N-ethyl adjacent to an activating group) is 1. The van der Waals surface area contributed by atoms with E-state index in [-0.39, 0.29) is 48.4 Å². The van der Waals surface area contributed by atoms with Crippen LogP contribution in [0.1, 0.15) is 69.7 Å². The lowest BCUT2D eigenvalue weighted by molar-refractivity contribution is -0.141. The minimum absolute atomic E-state index is 0.0180. The van der Waals surface area contributed by atoms with Gasteiger partial charge in [0.2, 0.25) is 5.91 Å². The Kier molecular flexibility index (Phi) is 10.6. The van der Waals surface area contributed by atoms with Gasteiger partial charge in [0.1, 0.15) is 12.4 Å². The molecular formula is C28H44N4O5. The second-order valence-electron chi connectivity index (χ2n) is 10.5. The molecule has 0 unspecified atom stereocenters. The summed E-state index contributed by atoms with van der Waals surface area (Å²) in [6, 6.07) is 4.58. The summed E-state index contributed by atoms with van der Waals surface area (Å²) in [5.74, 6) is 0.476. The number of anilines is 1. The monoisotopic (exact) mass is 516 g/mol. The highest BCUT2D eigenvalue weighted by atomic mass is 16.5. The number of hydrogen-bond acceptors (Lipinski definition) is 5. The van der Waals surface area contributed by atoms with Crippen molar-refractivity contribution >= 4 is 23.5 Å². The largest absolute Gasteiger partial charge is 0.491 e. The van der Waals surface area contributed by atoms with Crippen molar-refractivity contribution in [2.75, 3.05) is 45.7 Å². The summed E-state index contributed by atoms with van der Waals surface area (Å²) in [4.78, 5) is 42.9. The fraction of sp³-hybridized carbons (Fsp3) is 0.679. The fourth-order valence-electron chi connectivity index (χ4n) is 5.16. The highest BCUT2D eigenvalue weighted by Gasteiger charge is 2.33. The summed E-state index contributed by atoms with van der Waals surface area (Å²) in [6.07, 6.45) is 5.84. The van der Waals surface area contributed by atoms with Crippen molar-refractivity contribution in [2.45, 2.75) is 71.4 Å². The van der Waals surface area contributed by atoms with Gasteiger partial charge in [0.05, 0.1) is 17.7 Å². The first-order valence-corrected chi connectivity index (χ1v) is 13.7. The number of nitrogens with one attached hydrogen (secondary N) is 2. The van der Waals surface area contributed by atoms with E-state index in [4.69, 9.17) is 9.47 Å². The molecule has 206 valence electrons.